The third-order valence-corrected chi connectivity index (χ3v) is 14.1. The largest absolute Gasteiger partial charge is 0.494 e. The first kappa shape index (κ1) is 40.9. The van der Waals surface area contributed by atoms with Crippen molar-refractivity contribution in [3.63, 3.8) is 0 Å². The molecule has 0 fully saturated rings. The van der Waals surface area contributed by atoms with Gasteiger partial charge in [0.05, 0.1) is 32.4 Å². The average Bonchev–Trinajstić information content (AvgIpc) is 3.45. The van der Waals surface area contributed by atoms with E-state index in [1.54, 1.807) is 24.3 Å². The van der Waals surface area contributed by atoms with Crippen LogP contribution in [0.4, 0.5) is 8.78 Å². The van der Waals surface area contributed by atoms with Crippen LogP contribution >= 0.6 is 0 Å². The van der Waals surface area contributed by atoms with E-state index in [1.807, 2.05) is 48.7 Å². The molecule has 0 bridgehead atoms. The summed E-state index contributed by atoms with van der Waals surface area (Å²) in [6, 6.07) is 19.6. The number of ether oxygens (including phenoxy) is 2. The van der Waals surface area contributed by atoms with E-state index in [1.165, 1.54) is 44.6 Å². The zero-order valence-electron chi connectivity index (χ0n) is 32.0. The van der Waals surface area contributed by atoms with E-state index in [0.29, 0.717) is 33.6 Å². The second-order valence-corrected chi connectivity index (χ2v) is 19.5. The Morgan fingerprint density at radius 2 is 1.53 bits per heavy atom. The minimum absolute atomic E-state index is 0.0304. The predicted octanol–water partition coefficient (Wildman–Crippen LogP) is 9.55. The number of hydrogen-bond acceptors (Lipinski definition) is 6. The van der Waals surface area contributed by atoms with Gasteiger partial charge in [0.15, 0.2) is 25.7 Å². The number of carbonyl (C=O) groups is 3. The predicted molar refractivity (Wildman–Crippen MR) is 207 cm³/mol. The quantitative estimate of drug-likeness (QED) is 0.0740. The minimum Gasteiger partial charge on any atom is -0.494 e. The van der Waals surface area contributed by atoms with E-state index < -0.39 is 37.9 Å². The van der Waals surface area contributed by atoms with Crippen molar-refractivity contribution in [3.05, 3.63) is 107 Å². The van der Waals surface area contributed by atoms with E-state index >= 15 is 0 Å². The number of benzene rings is 3. The van der Waals surface area contributed by atoms with Crippen LogP contribution in [0.15, 0.2) is 78.9 Å². The van der Waals surface area contributed by atoms with Crippen LogP contribution in [-0.2, 0) is 25.3 Å². The van der Waals surface area contributed by atoms with Gasteiger partial charge in [-0.2, -0.15) is 0 Å². The Hall–Kier alpha value is -4.87. The number of rotatable bonds is 15. The van der Waals surface area contributed by atoms with Gasteiger partial charge in [-0.25, -0.2) is 8.78 Å². The molecule has 282 valence electrons. The van der Waals surface area contributed by atoms with Crippen molar-refractivity contribution in [2.75, 3.05) is 14.2 Å². The van der Waals surface area contributed by atoms with Crippen molar-refractivity contribution in [1.82, 2.24) is 9.88 Å². The number of halogens is 2. The second kappa shape index (κ2) is 17.3. The zero-order chi connectivity index (χ0) is 39.1. The first-order valence-corrected chi connectivity index (χ1v) is 20.5. The van der Waals surface area contributed by atoms with Crippen LogP contribution in [0.25, 0.3) is 28.3 Å². The third-order valence-electron chi connectivity index (χ3n) is 9.58. The number of amides is 1. The fraction of sp³-hybridized carbons (Fsp3) is 0.357. The molecule has 0 saturated heterocycles. The Labute approximate surface area is 312 Å². The molecular formula is C42H50F2N2O6Si. The molecule has 3 aromatic carbocycles. The van der Waals surface area contributed by atoms with E-state index in [2.05, 4.69) is 39.2 Å². The normalized spacial score (nSPS) is 12.6. The lowest BCUT2D eigenvalue weighted by molar-refractivity contribution is -0.142. The van der Waals surface area contributed by atoms with Crippen LogP contribution in [0.1, 0.15) is 75.2 Å². The Morgan fingerprint density at radius 3 is 2.09 bits per heavy atom. The molecule has 0 aliphatic carbocycles. The first-order valence-electron chi connectivity index (χ1n) is 17.6. The number of carbonyl (C=O) groups excluding carboxylic acids is 3. The van der Waals surface area contributed by atoms with Crippen LogP contribution < -0.4 is 10.1 Å². The Morgan fingerprint density at radius 1 is 0.887 bits per heavy atom. The molecule has 11 heteroatoms. The number of hydrogen-bond donors (Lipinski definition) is 1. The molecule has 0 unspecified atom stereocenters. The topological polar surface area (TPSA) is 95.9 Å². The molecule has 8 nitrogen and oxygen atoms in total. The van der Waals surface area contributed by atoms with Gasteiger partial charge in [-0.3, -0.25) is 14.4 Å². The number of nitrogens with one attached hydrogen (secondary N) is 1. The van der Waals surface area contributed by atoms with E-state index in [9.17, 15) is 23.2 Å². The molecule has 0 aliphatic heterocycles. The second-order valence-electron chi connectivity index (χ2n) is 14.8. The van der Waals surface area contributed by atoms with E-state index in [-0.39, 0.29) is 42.0 Å². The fourth-order valence-corrected chi connectivity index (χ4v) is 7.25. The van der Waals surface area contributed by atoms with Crippen LogP contribution in [0.2, 0.25) is 18.1 Å². The lowest BCUT2D eigenvalue weighted by Gasteiger charge is -2.39. The Balaban J connectivity index is 1.86. The summed E-state index contributed by atoms with van der Waals surface area (Å²) in [6.07, 6.45) is 2.27. The lowest BCUT2D eigenvalue weighted by Crippen LogP contribution is -2.44. The van der Waals surface area contributed by atoms with Crippen molar-refractivity contribution in [2.45, 2.75) is 84.3 Å². The molecule has 1 aromatic heterocycles. The molecular weight excluding hydrogens is 695 g/mol. The molecule has 53 heavy (non-hydrogen) atoms. The van der Waals surface area contributed by atoms with E-state index in [4.69, 9.17) is 13.9 Å². The summed E-state index contributed by atoms with van der Waals surface area (Å²) in [7, 11) is 0.317. The number of nitrogens with zero attached hydrogens (tertiary/aromatic N) is 1. The van der Waals surface area contributed by atoms with Crippen molar-refractivity contribution in [1.29, 1.82) is 0 Å². The van der Waals surface area contributed by atoms with Gasteiger partial charge in [0.25, 0.3) is 5.91 Å². The smallest absolute Gasteiger partial charge is 0.308 e. The molecule has 0 saturated carbocycles. The molecule has 0 radical (unpaired) electrons. The number of allylic oxidation sites excluding steroid dienone is 1. The van der Waals surface area contributed by atoms with E-state index in [0.717, 1.165) is 5.56 Å². The van der Waals surface area contributed by atoms with Crippen molar-refractivity contribution in [3.8, 4) is 28.0 Å². The Bertz CT molecular complexity index is 1950. The van der Waals surface area contributed by atoms with Crippen molar-refractivity contribution < 1.29 is 37.1 Å². The summed E-state index contributed by atoms with van der Waals surface area (Å²) in [5, 5.41) is 2.80. The summed E-state index contributed by atoms with van der Waals surface area (Å²) >= 11 is 0. The standard InChI is InChI=1S/C42H50F2N2O6Si/c1-27(2)46-35(21-20-32(47)24-33(25-37(48)51-7)52-53(8,9)42(3,4)5)38(30-16-18-31(43)19-17-30)39(29-13-11-10-12-14-29)40(46)41(49)45-26-28-15-22-36(50-6)34(44)23-28/h10-23,27,33H,24-26H2,1-9H3,(H,45,49)/b21-20+/t33-/m1/s1. The summed E-state index contributed by atoms with van der Waals surface area (Å²) in [5.41, 5.74) is 3.97. The van der Waals surface area contributed by atoms with Crippen molar-refractivity contribution >= 4 is 32.1 Å². The minimum atomic E-state index is -2.37. The van der Waals surface area contributed by atoms with Gasteiger partial charge in [-0.1, -0.05) is 69.3 Å². The van der Waals surface area contributed by atoms with Crippen molar-refractivity contribution in [2.24, 2.45) is 0 Å². The maximum atomic E-state index is 14.5. The highest BCUT2D eigenvalue weighted by molar-refractivity contribution is 6.74. The highest BCUT2D eigenvalue weighted by Crippen LogP contribution is 2.43. The van der Waals surface area contributed by atoms with Gasteiger partial charge < -0.3 is 23.8 Å². The SMILES string of the molecule is COC(=O)C[C@@H](CC(=O)/C=C/c1c(-c2ccc(F)cc2)c(-c2ccccc2)c(C(=O)NCc2ccc(OC)c(F)c2)n1C(C)C)O[Si](C)(C)C(C)(C)C. The molecule has 0 spiro atoms. The molecule has 4 aromatic rings. The van der Waals surface area contributed by atoms with Crippen LogP contribution in [0.3, 0.4) is 0 Å². The fourth-order valence-electron chi connectivity index (χ4n) is 5.89. The van der Waals surface area contributed by atoms with Gasteiger partial charge in [0, 0.05) is 30.1 Å². The molecule has 1 heterocycles. The highest BCUT2D eigenvalue weighted by atomic mass is 28.4. The molecule has 1 atom stereocenters. The van der Waals surface area contributed by atoms with Gasteiger partial charge in [0.2, 0.25) is 0 Å². The number of aromatic nitrogens is 1. The molecule has 4 rings (SSSR count). The number of methoxy groups -OCH3 is 2. The van der Waals surface area contributed by atoms with Gasteiger partial charge in [-0.15, -0.1) is 0 Å². The zero-order valence-corrected chi connectivity index (χ0v) is 33.0. The summed E-state index contributed by atoms with van der Waals surface area (Å²) < 4.78 is 47.2. The van der Waals surface area contributed by atoms with Crippen LogP contribution in [0, 0.1) is 11.6 Å². The maximum absolute atomic E-state index is 14.5. The molecule has 1 amide bonds. The average molecular weight is 745 g/mol. The number of ketones is 1. The summed E-state index contributed by atoms with van der Waals surface area (Å²) in [4.78, 5) is 40.5. The summed E-state index contributed by atoms with van der Waals surface area (Å²) in [5.74, 6) is -2.06. The monoisotopic (exact) mass is 744 g/mol. The number of esters is 1. The lowest BCUT2D eigenvalue weighted by atomic mass is 9.94. The Kier molecular flexibility index (Phi) is 13.3. The van der Waals surface area contributed by atoms with Gasteiger partial charge in [0.1, 0.15) is 11.5 Å². The molecule has 0 aliphatic rings. The summed E-state index contributed by atoms with van der Waals surface area (Å²) in [6.45, 7) is 14.3. The third kappa shape index (κ3) is 9.97. The molecule has 1 N–H and O–H groups in total. The van der Waals surface area contributed by atoms with Gasteiger partial charge in [-0.05, 0) is 85.1 Å². The van der Waals surface area contributed by atoms with Gasteiger partial charge >= 0.3 is 5.97 Å². The van der Waals surface area contributed by atoms with Crippen LogP contribution in [0.5, 0.6) is 5.75 Å². The maximum Gasteiger partial charge on any atom is 0.308 e. The van der Waals surface area contributed by atoms with Crippen LogP contribution in [-0.4, -0.2) is 50.9 Å². The highest BCUT2D eigenvalue weighted by Gasteiger charge is 2.40. The first-order chi connectivity index (χ1) is 25.0.